The van der Waals surface area contributed by atoms with Gasteiger partial charge in [0.05, 0.1) is 7.11 Å². The first-order valence-electron chi connectivity index (χ1n) is 7.71. The zero-order valence-electron chi connectivity index (χ0n) is 13.6. The Hall–Kier alpha value is -1.76. The fraction of sp³-hybridized carbons (Fsp3) is 0.400. The van der Waals surface area contributed by atoms with Crippen LogP contribution in [0.2, 0.25) is 0 Å². The molecule has 1 nitrogen and oxygen atoms in total. The average molecular weight is 282 g/mol. The molecule has 2 rings (SSSR count). The minimum atomic E-state index is 0.238. The molecule has 1 heteroatoms. The lowest BCUT2D eigenvalue weighted by Crippen LogP contribution is -2.10. The van der Waals surface area contributed by atoms with Gasteiger partial charge in [0.1, 0.15) is 5.75 Å². The monoisotopic (exact) mass is 282 g/mol. The Morgan fingerprint density at radius 1 is 0.762 bits per heavy atom. The number of hydrogen-bond donors (Lipinski definition) is 0. The van der Waals surface area contributed by atoms with E-state index < -0.39 is 0 Å². The van der Waals surface area contributed by atoms with Crippen LogP contribution in [-0.2, 0) is 18.3 Å². The van der Waals surface area contributed by atoms with Gasteiger partial charge in [-0.05, 0) is 53.5 Å². The number of rotatable bonds is 5. The molecule has 0 N–H and O–H groups in total. The molecule has 0 unspecified atom stereocenters. The maximum atomic E-state index is 5.18. The van der Waals surface area contributed by atoms with Crippen LogP contribution in [0, 0.1) is 0 Å². The Morgan fingerprint density at radius 2 is 1.24 bits per heavy atom. The molecule has 112 valence electrons. The SMILES string of the molecule is COc1ccc(CCCc2ccc(C(C)(C)C)cc2)cc1. The summed E-state index contributed by atoms with van der Waals surface area (Å²) < 4.78 is 5.18. The molecule has 0 radical (unpaired) electrons. The van der Waals surface area contributed by atoms with Crippen LogP contribution >= 0.6 is 0 Å². The summed E-state index contributed by atoms with van der Waals surface area (Å²) in [4.78, 5) is 0. The highest BCUT2D eigenvalue weighted by Gasteiger charge is 2.12. The molecule has 0 heterocycles. The third-order valence-electron chi connectivity index (χ3n) is 3.91. The van der Waals surface area contributed by atoms with E-state index in [9.17, 15) is 0 Å². The molecule has 0 saturated heterocycles. The predicted octanol–water partition coefficient (Wildman–Crippen LogP) is 5.17. The minimum Gasteiger partial charge on any atom is -0.497 e. The number of benzene rings is 2. The zero-order chi connectivity index (χ0) is 15.3. The van der Waals surface area contributed by atoms with E-state index in [-0.39, 0.29) is 5.41 Å². The van der Waals surface area contributed by atoms with Crippen LogP contribution in [0.3, 0.4) is 0 Å². The summed E-state index contributed by atoms with van der Waals surface area (Å²) in [5, 5.41) is 0. The number of hydrogen-bond acceptors (Lipinski definition) is 1. The van der Waals surface area contributed by atoms with Crippen LogP contribution in [0.15, 0.2) is 48.5 Å². The van der Waals surface area contributed by atoms with Crippen molar-refractivity contribution in [2.24, 2.45) is 0 Å². The topological polar surface area (TPSA) is 9.23 Å². The van der Waals surface area contributed by atoms with E-state index in [1.807, 2.05) is 12.1 Å². The van der Waals surface area contributed by atoms with Crippen molar-refractivity contribution in [1.82, 2.24) is 0 Å². The molecule has 0 fully saturated rings. The van der Waals surface area contributed by atoms with Crippen molar-refractivity contribution >= 4 is 0 Å². The molecule has 0 aliphatic rings. The third kappa shape index (κ3) is 4.63. The standard InChI is InChI=1S/C20H26O/c1-20(2,3)18-12-8-16(9-13-18)6-5-7-17-10-14-19(21-4)15-11-17/h8-15H,5-7H2,1-4H3. The Labute approximate surface area is 129 Å². The highest BCUT2D eigenvalue weighted by atomic mass is 16.5. The van der Waals surface area contributed by atoms with Gasteiger partial charge < -0.3 is 4.74 Å². The Kier molecular flexibility index (Phi) is 5.06. The maximum absolute atomic E-state index is 5.18. The first-order valence-corrected chi connectivity index (χ1v) is 7.71. The highest BCUT2D eigenvalue weighted by Crippen LogP contribution is 2.22. The molecule has 0 aromatic heterocycles. The van der Waals surface area contributed by atoms with Crippen molar-refractivity contribution in [3.05, 3.63) is 65.2 Å². The molecule has 21 heavy (non-hydrogen) atoms. The normalized spacial score (nSPS) is 11.4. The van der Waals surface area contributed by atoms with Gasteiger partial charge in [-0.2, -0.15) is 0 Å². The first kappa shape index (κ1) is 15.6. The summed E-state index contributed by atoms with van der Waals surface area (Å²) in [6.45, 7) is 6.77. The van der Waals surface area contributed by atoms with Crippen molar-refractivity contribution in [1.29, 1.82) is 0 Å². The van der Waals surface area contributed by atoms with Crippen LogP contribution < -0.4 is 4.74 Å². The van der Waals surface area contributed by atoms with Crippen molar-refractivity contribution in [3.63, 3.8) is 0 Å². The molecule has 2 aromatic rings. The largest absolute Gasteiger partial charge is 0.497 e. The second-order valence-corrected chi connectivity index (χ2v) is 6.65. The molecule has 0 bridgehead atoms. The Balaban J connectivity index is 1.85. The van der Waals surface area contributed by atoms with Crippen LogP contribution in [0.4, 0.5) is 0 Å². The third-order valence-corrected chi connectivity index (χ3v) is 3.91. The van der Waals surface area contributed by atoms with Crippen LogP contribution in [-0.4, -0.2) is 7.11 Å². The molecule has 0 aliphatic heterocycles. The van der Waals surface area contributed by atoms with Crippen molar-refractivity contribution in [3.8, 4) is 5.75 Å². The lowest BCUT2D eigenvalue weighted by molar-refractivity contribution is 0.414. The summed E-state index contributed by atoms with van der Waals surface area (Å²) in [7, 11) is 1.70. The van der Waals surface area contributed by atoms with E-state index in [1.54, 1.807) is 7.11 Å². The van der Waals surface area contributed by atoms with Crippen molar-refractivity contribution in [2.45, 2.75) is 45.4 Å². The zero-order valence-corrected chi connectivity index (χ0v) is 13.6. The number of ether oxygens (including phenoxy) is 1. The lowest BCUT2D eigenvalue weighted by Gasteiger charge is -2.19. The van der Waals surface area contributed by atoms with Gasteiger partial charge in [-0.1, -0.05) is 57.2 Å². The fourth-order valence-corrected chi connectivity index (χ4v) is 2.46. The van der Waals surface area contributed by atoms with Crippen LogP contribution in [0.25, 0.3) is 0 Å². The van der Waals surface area contributed by atoms with Crippen LogP contribution in [0.5, 0.6) is 5.75 Å². The average Bonchev–Trinajstić information content (AvgIpc) is 2.47. The van der Waals surface area contributed by atoms with Gasteiger partial charge in [0.15, 0.2) is 0 Å². The summed E-state index contributed by atoms with van der Waals surface area (Å²) in [5.41, 5.74) is 4.45. The molecular formula is C20H26O. The first-order chi connectivity index (χ1) is 9.99. The second kappa shape index (κ2) is 6.80. The predicted molar refractivity (Wildman–Crippen MR) is 90.2 cm³/mol. The van der Waals surface area contributed by atoms with Gasteiger partial charge in [0.2, 0.25) is 0 Å². The smallest absolute Gasteiger partial charge is 0.118 e. The van der Waals surface area contributed by atoms with E-state index in [0.717, 1.165) is 18.6 Å². The van der Waals surface area contributed by atoms with Crippen molar-refractivity contribution in [2.75, 3.05) is 7.11 Å². The van der Waals surface area contributed by atoms with Gasteiger partial charge in [-0.3, -0.25) is 0 Å². The number of aryl methyl sites for hydroxylation is 2. The number of methoxy groups -OCH3 is 1. The second-order valence-electron chi connectivity index (χ2n) is 6.65. The van der Waals surface area contributed by atoms with E-state index in [0.29, 0.717) is 0 Å². The summed E-state index contributed by atoms with van der Waals surface area (Å²) >= 11 is 0. The molecule has 0 atom stereocenters. The van der Waals surface area contributed by atoms with Gasteiger partial charge in [-0.25, -0.2) is 0 Å². The highest BCUT2D eigenvalue weighted by molar-refractivity contribution is 5.29. The van der Waals surface area contributed by atoms with E-state index in [1.165, 1.54) is 23.1 Å². The molecule has 0 aliphatic carbocycles. The lowest BCUT2D eigenvalue weighted by atomic mass is 9.86. The molecule has 2 aromatic carbocycles. The molecule has 0 saturated carbocycles. The van der Waals surface area contributed by atoms with Crippen molar-refractivity contribution < 1.29 is 4.74 Å². The van der Waals surface area contributed by atoms with Crippen LogP contribution in [0.1, 0.15) is 43.9 Å². The molecular weight excluding hydrogens is 256 g/mol. The van der Waals surface area contributed by atoms with Gasteiger partial charge in [-0.15, -0.1) is 0 Å². The Morgan fingerprint density at radius 3 is 1.67 bits per heavy atom. The van der Waals surface area contributed by atoms with Gasteiger partial charge >= 0.3 is 0 Å². The molecule has 0 amide bonds. The van der Waals surface area contributed by atoms with E-state index in [4.69, 9.17) is 4.74 Å². The summed E-state index contributed by atoms with van der Waals surface area (Å²) in [6.07, 6.45) is 3.43. The maximum Gasteiger partial charge on any atom is 0.118 e. The van der Waals surface area contributed by atoms with E-state index in [2.05, 4.69) is 57.2 Å². The van der Waals surface area contributed by atoms with E-state index >= 15 is 0 Å². The summed E-state index contributed by atoms with van der Waals surface area (Å²) in [5.74, 6) is 0.927. The quantitative estimate of drug-likeness (QED) is 0.735. The fourth-order valence-electron chi connectivity index (χ4n) is 2.46. The van der Waals surface area contributed by atoms with Gasteiger partial charge in [0, 0.05) is 0 Å². The minimum absolute atomic E-state index is 0.238. The Bertz CT molecular complexity index is 544. The molecule has 0 spiro atoms. The van der Waals surface area contributed by atoms with Gasteiger partial charge in [0.25, 0.3) is 0 Å². The summed E-state index contributed by atoms with van der Waals surface area (Å²) in [6, 6.07) is 17.5.